The van der Waals surface area contributed by atoms with Crippen molar-refractivity contribution in [1.82, 2.24) is 9.78 Å². The van der Waals surface area contributed by atoms with Crippen molar-refractivity contribution in [1.29, 1.82) is 0 Å². The molecule has 1 aromatic heterocycles. The molecule has 14 heavy (non-hydrogen) atoms. The van der Waals surface area contributed by atoms with Crippen LogP contribution in [0.1, 0.15) is 18.0 Å². The summed E-state index contributed by atoms with van der Waals surface area (Å²) >= 11 is 2.16. The monoisotopic (exact) mass is 326 g/mol. The first-order chi connectivity index (χ1) is 6.48. The lowest BCUT2D eigenvalue weighted by Crippen LogP contribution is -2.11. The van der Waals surface area contributed by atoms with Crippen molar-refractivity contribution in [3.8, 4) is 0 Å². The third kappa shape index (κ3) is 1.95. The SMILES string of the molecule is Cc1cn([C@H]2CCS(=O)(=O)C2)nc1I. The standard InChI is InChI=1S/C8H11IN2O2S/c1-6-4-11(10-8(6)9)7-2-3-14(12,13)5-7/h4,7H,2-3,5H2,1H3/t7-/m0/s1. The summed E-state index contributed by atoms with van der Waals surface area (Å²) in [7, 11) is -2.81. The van der Waals surface area contributed by atoms with Gasteiger partial charge in [0.1, 0.15) is 3.70 Å². The number of nitrogens with zero attached hydrogens (tertiary/aromatic N) is 2. The maximum atomic E-state index is 11.3. The van der Waals surface area contributed by atoms with E-state index in [0.717, 1.165) is 9.26 Å². The minimum atomic E-state index is -2.81. The smallest absolute Gasteiger partial charge is 0.152 e. The number of aromatic nitrogens is 2. The number of hydrogen-bond donors (Lipinski definition) is 0. The van der Waals surface area contributed by atoms with Crippen molar-refractivity contribution in [3.63, 3.8) is 0 Å². The molecule has 1 saturated heterocycles. The molecule has 0 unspecified atom stereocenters. The average molecular weight is 326 g/mol. The van der Waals surface area contributed by atoms with Crippen LogP contribution in [0, 0.1) is 10.6 Å². The molecular weight excluding hydrogens is 315 g/mol. The summed E-state index contributed by atoms with van der Waals surface area (Å²) in [5, 5.41) is 4.30. The largest absolute Gasteiger partial charge is 0.267 e. The van der Waals surface area contributed by atoms with Crippen LogP contribution in [0.25, 0.3) is 0 Å². The van der Waals surface area contributed by atoms with Crippen LogP contribution in [0.5, 0.6) is 0 Å². The number of hydrogen-bond acceptors (Lipinski definition) is 3. The first-order valence-corrected chi connectivity index (χ1v) is 7.29. The fourth-order valence-electron chi connectivity index (χ4n) is 1.63. The van der Waals surface area contributed by atoms with Crippen LogP contribution < -0.4 is 0 Å². The average Bonchev–Trinajstić information content (AvgIpc) is 2.57. The van der Waals surface area contributed by atoms with E-state index in [1.807, 2.05) is 13.1 Å². The number of rotatable bonds is 1. The predicted molar refractivity (Wildman–Crippen MR) is 62.0 cm³/mol. The van der Waals surface area contributed by atoms with Gasteiger partial charge in [-0.25, -0.2) is 8.42 Å². The van der Waals surface area contributed by atoms with Crippen molar-refractivity contribution < 1.29 is 8.42 Å². The normalized spacial score (nSPS) is 25.4. The summed E-state index contributed by atoms with van der Waals surface area (Å²) in [4.78, 5) is 0. The molecule has 0 saturated carbocycles. The Morgan fingerprint density at radius 3 is 2.79 bits per heavy atom. The summed E-state index contributed by atoms with van der Waals surface area (Å²) in [6, 6.07) is 0.0437. The van der Waals surface area contributed by atoms with E-state index in [1.54, 1.807) is 4.68 Å². The Morgan fingerprint density at radius 2 is 2.36 bits per heavy atom. The molecule has 78 valence electrons. The van der Waals surface area contributed by atoms with Crippen LogP contribution in [-0.4, -0.2) is 29.7 Å². The van der Waals surface area contributed by atoms with Crippen molar-refractivity contribution in [2.45, 2.75) is 19.4 Å². The predicted octanol–water partition coefficient (Wildman–Crippen LogP) is 1.16. The Balaban J connectivity index is 2.26. The summed E-state index contributed by atoms with van der Waals surface area (Å²) in [6.45, 7) is 1.98. The molecule has 1 aliphatic rings. The van der Waals surface area contributed by atoms with Crippen LogP contribution in [0.4, 0.5) is 0 Å². The zero-order chi connectivity index (χ0) is 10.3. The topological polar surface area (TPSA) is 52.0 Å². The van der Waals surface area contributed by atoms with Gasteiger partial charge in [-0.05, 0) is 35.9 Å². The number of halogens is 1. The minimum absolute atomic E-state index is 0.0437. The van der Waals surface area contributed by atoms with Gasteiger partial charge in [0.15, 0.2) is 9.84 Å². The van der Waals surface area contributed by atoms with Gasteiger partial charge >= 0.3 is 0 Å². The molecule has 0 aromatic carbocycles. The van der Waals surface area contributed by atoms with Crippen LogP contribution in [-0.2, 0) is 9.84 Å². The van der Waals surface area contributed by atoms with Gasteiger partial charge in [0.2, 0.25) is 0 Å². The highest BCUT2D eigenvalue weighted by Crippen LogP contribution is 2.24. The molecule has 0 bridgehead atoms. The molecule has 1 aliphatic heterocycles. The molecule has 2 rings (SSSR count). The quantitative estimate of drug-likeness (QED) is 0.728. The van der Waals surface area contributed by atoms with Crippen molar-refractivity contribution in [2.75, 3.05) is 11.5 Å². The lowest BCUT2D eigenvalue weighted by atomic mass is 10.3. The van der Waals surface area contributed by atoms with Gasteiger partial charge in [0, 0.05) is 11.8 Å². The van der Waals surface area contributed by atoms with E-state index >= 15 is 0 Å². The number of sulfone groups is 1. The fraction of sp³-hybridized carbons (Fsp3) is 0.625. The molecule has 1 fully saturated rings. The second kappa shape index (κ2) is 3.48. The molecule has 2 heterocycles. The van der Waals surface area contributed by atoms with Crippen LogP contribution in [0.2, 0.25) is 0 Å². The molecule has 0 amide bonds. The molecular formula is C8H11IN2O2S. The van der Waals surface area contributed by atoms with E-state index < -0.39 is 9.84 Å². The van der Waals surface area contributed by atoms with Gasteiger partial charge in [-0.3, -0.25) is 4.68 Å². The molecule has 0 radical (unpaired) electrons. The first-order valence-electron chi connectivity index (χ1n) is 4.39. The van der Waals surface area contributed by atoms with Crippen molar-refractivity contribution in [3.05, 3.63) is 15.5 Å². The van der Waals surface area contributed by atoms with Crippen molar-refractivity contribution >= 4 is 32.4 Å². The third-order valence-electron chi connectivity index (χ3n) is 2.44. The van der Waals surface area contributed by atoms with E-state index in [4.69, 9.17) is 0 Å². The molecule has 6 heteroatoms. The lowest BCUT2D eigenvalue weighted by molar-refractivity contribution is 0.497. The summed E-state index contributed by atoms with van der Waals surface area (Å²) in [5.74, 6) is 0.539. The van der Waals surface area contributed by atoms with Gasteiger partial charge in [0.05, 0.1) is 17.5 Å². The highest BCUT2D eigenvalue weighted by molar-refractivity contribution is 14.1. The second-order valence-electron chi connectivity index (χ2n) is 3.64. The molecule has 0 N–H and O–H groups in total. The summed E-state index contributed by atoms with van der Waals surface area (Å²) in [6.07, 6.45) is 2.62. The van der Waals surface area contributed by atoms with E-state index in [2.05, 4.69) is 27.7 Å². The van der Waals surface area contributed by atoms with Crippen LogP contribution >= 0.6 is 22.6 Å². The Morgan fingerprint density at radius 1 is 1.64 bits per heavy atom. The molecule has 0 spiro atoms. The van der Waals surface area contributed by atoms with Gasteiger partial charge < -0.3 is 0 Å². The Bertz CT molecular complexity index is 432. The molecule has 0 aliphatic carbocycles. The lowest BCUT2D eigenvalue weighted by Gasteiger charge is -2.06. The zero-order valence-electron chi connectivity index (χ0n) is 7.77. The van der Waals surface area contributed by atoms with Gasteiger partial charge in [-0.2, -0.15) is 5.10 Å². The highest BCUT2D eigenvalue weighted by atomic mass is 127. The highest BCUT2D eigenvalue weighted by Gasteiger charge is 2.29. The van der Waals surface area contributed by atoms with E-state index in [9.17, 15) is 8.42 Å². The zero-order valence-corrected chi connectivity index (χ0v) is 10.7. The van der Waals surface area contributed by atoms with E-state index in [0.29, 0.717) is 12.2 Å². The van der Waals surface area contributed by atoms with Crippen molar-refractivity contribution in [2.24, 2.45) is 0 Å². The van der Waals surface area contributed by atoms with Crippen LogP contribution in [0.15, 0.2) is 6.20 Å². The van der Waals surface area contributed by atoms with Gasteiger partial charge in [0.25, 0.3) is 0 Å². The minimum Gasteiger partial charge on any atom is -0.267 e. The molecule has 4 nitrogen and oxygen atoms in total. The number of aryl methyl sites for hydroxylation is 1. The Kier molecular flexibility index (Phi) is 2.59. The van der Waals surface area contributed by atoms with Gasteiger partial charge in [-0.15, -0.1) is 0 Å². The summed E-state index contributed by atoms with van der Waals surface area (Å²) < 4.78 is 25.3. The first kappa shape index (κ1) is 10.4. The summed E-state index contributed by atoms with van der Waals surface area (Å²) in [5.41, 5.74) is 1.11. The molecule has 1 aromatic rings. The molecule has 1 atom stereocenters. The van der Waals surface area contributed by atoms with E-state index in [-0.39, 0.29) is 11.8 Å². The fourth-order valence-corrected chi connectivity index (χ4v) is 3.72. The Labute approximate surface area is 96.7 Å². The van der Waals surface area contributed by atoms with Gasteiger partial charge in [-0.1, -0.05) is 0 Å². The second-order valence-corrected chi connectivity index (χ2v) is 6.89. The maximum Gasteiger partial charge on any atom is 0.152 e. The van der Waals surface area contributed by atoms with Crippen LogP contribution in [0.3, 0.4) is 0 Å². The van der Waals surface area contributed by atoms with E-state index in [1.165, 1.54) is 0 Å². The third-order valence-corrected chi connectivity index (χ3v) is 5.25. The maximum absolute atomic E-state index is 11.3. The Hall–Kier alpha value is -0.110.